The van der Waals surface area contributed by atoms with Crippen LogP contribution < -0.4 is 10.0 Å². The van der Waals surface area contributed by atoms with Crippen molar-refractivity contribution in [3.8, 4) is 0 Å². The monoisotopic (exact) mass is 366 g/mol. The Bertz CT molecular complexity index is 879. The van der Waals surface area contributed by atoms with E-state index in [-0.39, 0.29) is 10.8 Å². The average molecular weight is 367 g/mol. The Morgan fingerprint density at radius 2 is 1.88 bits per heavy atom. The number of nitrogens with one attached hydrogen (secondary N) is 2. The predicted octanol–water partition coefficient (Wildman–Crippen LogP) is 3.51. The van der Waals surface area contributed by atoms with Gasteiger partial charge in [0.2, 0.25) is 0 Å². The highest BCUT2D eigenvalue weighted by atomic mass is 35.5. The molecule has 1 amide bonds. The molecule has 24 heavy (non-hydrogen) atoms. The minimum absolute atomic E-state index is 0.0220. The van der Waals surface area contributed by atoms with Crippen LogP contribution in [0.15, 0.2) is 41.3 Å². The Labute approximate surface area is 147 Å². The third-order valence-electron chi connectivity index (χ3n) is 3.61. The normalized spacial score (nSPS) is 11.2. The van der Waals surface area contributed by atoms with E-state index in [0.29, 0.717) is 33.9 Å². The molecule has 0 aliphatic carbocycles. The summed E-state index contributed by atoms with van der Waals surface area (Å²) in [4.78, 5) is 12.1. The van der Waals surface area contributed by atoms with Gasteiger partial charge < -0.3 is 5.32 Å². The molecular formula is C17H19ClN2O3S. The van der Waals surface area contributed by atoms with E-state index in [1.54, 1.807) is 45.0 Å². The summed E-state index contributed by atoms with van der Waals surface area (Å²) in [5.41, 5.74) is 2.09. The van der Waals surface area contributed by atoms with Crippen molar-refractivity contribution >= 4 is 33.2 Å². The molecule has 2 aromatic rings. The second-order valence-electron chi connectivity index (χ2n) is 5.35. The molecule has 128 valence electrons. The molecule has 5 nitrogen and oxygen atoms in total. The molecule has 0 heterocycles. The maximum atomic E-state index is 12.6. The van der Waals surface area contributed by atoms with Gasteiger partial charge in [0.25, 0.3) is 15.9 Å². The lowest BCUT2D eigenvalue weighted by Crippen LogP contribution is -2.24. The number of sulfonamides is 1. The molecule has 0 spiro atoms. The van der Waals surface area contributed by atoms with Crippen LogP contribution in [0.25, 0.3) is 0 Å². The van der Waals surface area contributed by atoms with Crippen LogP contribution >= 0.6 is 11.6 Å². The number of benzene rings is 2. The average Bonchev–Trinajstić information content (AvgIpc) is 2.52. The zero-order chi connectivity index (χ0) is 17.9. The first-order valence-corrected chi connectivity index (χ1v) is 9.29. The first kappa shape index (κ1) is 18.3. The molecule has 0 aromatic heterocycles. The van der Waals surface area contributed by atoms with E-state index < -0.39 is 10.0 Å². The number of rotatable bonds is 5. The summed E-state index contributed by atoms with van der Waals surface area (Å²) < 4.78 is 27.8. The van der Waals surface area contributed by atoms with Gasteiger partial charge in [-0.25, -0.2) is 8.42 Å². The van der Waals surface area contributed by atoms with Crippen molar-refractivity contribution in [2.24, 2.45) is 0 Å². The summed E-state index contributed by atoms with van der Waals surface area (Å²) in [7, 11) is -3.83. The summed E-state index contributed by atoms with van der Waals surface area (Å²) in [6.45, 7) is 5.76. The fourth-order valence-electron chi connectivity index (χ4n) is 2.19. The fraction of sp³-hybridized carbons (Fsp3) is 0.235. The smallest absolute Gasteiger partial charge is 0.261 e. The first-order valence-electron chi connectivity index (χ1n) is 7.43. The summed E-state index contributed by atoms with van der Waals surface area (Å²) in [6, 6.07) is 9.46. The van der Waals surface area contributed by atoms with Crippen LogP contribution in [-0.2, 0) is 10.0 Å². The number of aryl methyl sites for hydroxylation is 1. The first-order chi connectivity index (χ1) is 11.3. The SMILES string of the molecule is CCNC(=O)c1cc(S(=O)(=O)Nc2cccc(Cl)c2C)ccc1C. The van der Waals surface area contributed by atoms with Crippen LogP contribution in [0.4, 0.5) is 5.69 Å². The molecule has 7 heteroatoms. The molecule has 2 N–H and O–H groups in total. The number of amides is 1. The molecule has 0 saturated heterocycles. The van der Waals surface area contributed by atoms with Crippen LogP contribution in [0.2, 0.25) is 5.02 Å². The highest BCUT2D eigenvalue weighted by molar-refractivity contribution is 7.92. The maximum Gasteiger partial charge on any atom is 0.261 e. The standard InChI is InChI=1S/C17H19ClN2O3S/c1-4-19-17(21)14-10-13(9-8-11(14)2)24(22,23)20-16-7-5-6-15(18)12(16)3/h5-10,20H,4H2,1-3H3,(H,19,21). The number of halogens is 1. The second kappa shape index (κ2) is 7.23. The van der Waals surface area contributed by atoms with Crippen LogP contribution in [-0.4, -0.2) is 20.9 Å². The van der Waals surface area contributed by atoms with Gasteiger partial charge in [-0.05, 0) is 56.2 Å². The van der Waals surface area contributed by atoms with Crippen LogP contribution in [0.1, 0.15) is 28.4 Å². The number of carbonyl (C=O) groups is 1. The lowest BCUT2D eigenvalue weighted by Gasteiger charge is -2.13. The minimum atomic E-state index is -3.83. The number of hydrogen-bond acceptors (Lipinski definition) is 3. The number of hydrogen-bond donors (Lipinski definition) is 2. The van der Waals surface area contributed by atoms with Crippen LogP contribution in [0.5, 0.6) is 0 Å². The van der Waals surface area contributed by atoms with Crippen LogP contribution in [0, 0.1) is 13.8 Å². The zero-order valence-electron chi connectivity index (χ0n) is 13.7. The van der Waals surface area contributed by atoms with E-state index in [2.05, 4.69) is 10.0 Å². The van der Waals surface area contributed by atoms with Gasteiger partial charge in [-0.3, -0.25) is 9.52 Å². The summed E-state index contributed by atoms with van der Waals surface area (Å²) >= 11 is 6.02. The third-order valence-corrected chi connectivity index (χ3v) is 5.39. The van der Waals surface area contributed by atoms with Crippen molar-refractivity contribution in [3.05, 3.63) is 58.1 Å². The van der Waals surface area contributed by atoms with Gasteiger partial charge >= 0.3 is 0 Å². The molecule has 0 bridgehead atoms. The van der Waals surface area contributed by atoms with E-state index in [4.69, 9.17) is 11.6 Å². The Morgan fingerprint density at radius 1 is 1.17 bits per heavy atom. The number of anilines is 1. The molecule has 2 aromatic carbocycles. The van der Waals surface area contributed by atoms with Gasteiger partial charge in [-0.2, -0.15) is 0 Å². The van der Waals surface area contributed by atoms with Crippen molar-refractivity contribution < 1.29 is 13.2 Å². The molecule has 0 aliphatic rings. The second-order valence-corrected chi connectivity index (χ2v) is 7.44. The molecule has 0 aliphatic heterocycles. The highest BCUT2D eigenvalue weighted by Gasteiger charge is 2.19. The minimum Gasteiger partial charge on any atom is -0.352 e. The van der Waals surface area contributed by atoms with Crippen molar-refractivity contribution in [1.29, 1.82) is 0 Å². The molecule has 2 rings (SSSR count). The molecule has 0 radical (unpaired) electrons. The quantitative estimate of drug-likeness (QED) is 0.850. The van der Waals surface area contributed by atoms with E-state index in [1.165, 1.54) is 12.1 Å². The van der Waals surface area contributed by atoms with E-state index in [1.807, 2.05) is 0 Å². The lowest BCUT2D eigenvalue weighted by molar-refractivity contribution is 0.0955. The fourth-order valence-corrected chi connectivity index (χ4v) is 3.51. The van der Waals surface area contributed by atoms with Crippen molar-refractivity contribution in [2.45, 2.75) is 25.7 Å². The maximum absolute atomic E-state index is 12.6. The van der Waals surface area contributed by atoms with Gasteiger partial charge in [0, 0.05) is 17.1 Å². The van der Waals surface area contributed by atoms with Gasteiger partial charge in [-0.15, -0.1) is 0 Å². The zero-order valence-corrected chi connectivity index (χ0v) is 15.3. The Balaban J connectivity index is 2.41. The summed E-state index contributed by atoms with van der Waals surface area (Å²) in [6.07, 6.45) is 0. The Kier molecular flexibility index (Phi) is 5.51. The highest BCUT2D eigenvalue weighted by Crippen LogP contribution is 2.26. The van der Waals surface area contributed by atoms with Gasteiger partial charge in [-0.1, -0.05) is 23.7 Å². The molecular weight excluding hydrogens is 348 g/mol. The van der Waals surface area contributed by atoms with E-state index in [0.717, 1.165) is 0 Å². The largest absolute Gasteiger partial charge is 0.352 e. The number of carbonyl (C=O) groups excluding carboxylic acids is 1. The lowest BCUT2D eigenvalue weighted by atomic mass is 10.1. The Hall–Kier alpha value is -2.05. The molecule has 0 atom stereocenters. The van der Waals surface area contributed by atoms with Crippen molar-refractivity contribution in [3.63, 3.8) is 0 Å². The summed E-state index contributed by atoms with van der Waals surface area (Å²) in [5, 5.41) is 3.15. The van der Waals surface area contributed by atoms with Gasteiger partial charge in [0.05, 0.1) is 10.6 Å². The predicted molar refractivity (Wildman–Crippen MR) is 96.2 cm³/mol. The topological polar surface area (TPSA) is 75.3 Å². The molecule has 0 unspecified atom stereocenters. The van der Waals surface area contributed by atoms with Gasteiger partial charge in [0.1, 0.15) is 0 Å². The van der Waals surface area contributed by atoms with Gasteiger partial charge in [0.15, 0.2) is 0 Å². The third kappa shape index (κ3) is 3.88. The molecule has 0 saturated carbocycles. The van der Waals surface area contributed by atoms with Crippen LogP contribution in [0.3, 0.4) is 0 Å². The van der Waals surface area contributed by atoms with E-state index >= 15 is 0 Å². The van der Waals surface area contributed by atoms with Crippen molar-refractivity contribution in [1.82, 2.24) is 5.32 Å². The Morgan fingerprint density at radius 3 is 2.54 bits per heavy atom. The summed E-state index contributed by atoms with van der Waals surface area (Å²) in [5.74, 6) is -0.300. The van der Waals surface area contributed by atoms with E-state index in [9.17, 15) is 13.2 Å². The molecule has 0 fully saturated rings. The van der Waals surface area contributed by atoms with Crippen molar-refractivity contribution in [2.75, 3.05) is 11.3 Å².